The van der Waals surface area contributed by atoms with Crippen molar-refractivity contribution in [3.63, 3.8) is 0 Å². The van der Waals surface area contributed by atoms with E-state index in [4.69, 9.17) is 9.26 Å². The van der Waals surface area contributed by atoms with Gasteiger partial charge in [-0.3, -0.25) is 10.1 Å². The van der Waals surface area contributed by atoms with Gasteiger partial charge in [-0.2, -0.15) is 0 Å². The average molecular weight is 444 g/mol. The van der Waals surface area contributed by atoms with Gasteiger partial charge in [0.05, 0.1) is 22.8 Å². The molecule has 0 aliphatic heterocycles. The first kappa shape index (κ1) is 22.5. The van der Waals surface area contributed by atoms with Crippen molar-refractivity contribution >= 4 is 21.8 Å². The number of rotatable bonds is 8. The first-order valence-corrected chi connectivity index (χ1v) is 11.3. The third kappa shape index (κ3) is 5.31. The van der Waals surface area contributed by atoms with Crippen molar-refractivity contribution in [1.82, 2.24) is 9.88 Å². The van der Waals surface area contributed by atoms with Crippen LogP contribution in [0.2, 0.25) is 0 Å². The van der Waals surface area contributed by atoms with Gasteiger partial charge in [0.15, 0.2) is 0 Å². The summed E-state index contributed by atoms with van der Waals surface area (Å²) in [5.74, 6) is 0.602. The molecule has 1 heterocycles. The lowest BCUT2D eigenvalue weighted by Gasteiger charge is -2.12. The molecular formula is C22H25N3O5S. The van der Waals surface area contributed by atoms with Gasteiger partial charge in [-0.1, -0.05) is 29.4 Å². The quantitative estimate of drug-likeness (QED) is 0.548. The molecule has 2 aromatic carbocycles. The molecule has 1 aromatic heterocycles. The highest BCUT2D eigenvalue weighted by molar-refractivity contribution is 7.89. The van der Waals surface area contributed by atoms with Crippen molar-refractivity contribution in [2.24, 2.45) is 0 Å². The van der Waals surface area contributed by atoms with E-state index in [2.05, 4.69) is 15.2 Å². The first-order valence-electron chi connectivity index (χ1n) is 9.77. The molecule has 0 atom stereocenters. The second-order valence-corrected chi connectivity index (χ2v) is 8.77. The van der Waals surface area contributed by atoms with Gasteiger partial charge in [-0.15, -0.1) is 0 Å². The van der Waals surface area contributed by atoms with E-state index in [1.165, 1.54) is 6.92 Å². The molecule has 0 saturated carbocycles. The Labute approximate surface area is 181 Å². The van der Waals surface area contributed by atoms with Crippen LogP contribution in [0.15, 0.2) is 51.9 Å². The third-order valence-electron chi connectivity index (χ3n) is 4.62. The van der Waals surface area contributed by atoms with Gasteiger partial charge in [0.2, 0.25) is 21.8 Å². The van der Waals surface area contributed by atoms with Crippen LogP contribution in [0, 0.1) is 13.8 Å². The number of amides is 1. The molecule has 3 rings (SSSR count). The molecule has 0 saturated heterocycles. The second kappa shape index (κ2) is 9.32. The van der Waals surface area contributed by atoms with E-state index in [-0.39, 0.29) is 23.2 Å². The van der Waals surface area contributed by atoms with E-state index >= 15 is 0 Å². The van der Waals surface area contributed by atoms with Crippen molar-refractivity contribution < 1.29 is 22.5 Å². The molecule has 9 heteroatoms. The largest absolute Gasteiger partial charge is 0.494 e. The van der Waals surface area contributed by atoms with Crippen LogP contribution in [0.5, 0.6) is 5.75 Å². The standard InChI is InChI=1S/C22H25N3O5S/c1-5-29-19-10-7-17(8-11-19)13-23-31(27,28)20-12-18(9-6-14(20)2)21-15(3)25-30-22(21)24-16(4)26/h6-12,23H,5,13H2,1-4H3,(H,24,26). The zero-order valence-corrected chi connectivity index (χ0v) is 18.7. The molecule has 3 aromatic rings. The minimum absolute atomic E-state index is 0.141. The van der Waals surface area contributed by atoms with Crippen molar-refractivity contribution in [2.75, 3.05) is 11.9 Å². The lowest BCUT2D eigenvalue weighted by atomic mass is 10.0. The number of hydrogen-bond acceptors (Lipinski definition) is 6. The Balaban J connectivity index is 1.87. The number of nitrogens with one attached hydrogen (secondary N) is 2. The third-order valence-corrected chi connectivity index (χ3v) is 6.16. The smallest absolute Gasteiger partial charge is 0.241 e. The fraction of sp³-hybridized carbons (Fsp3) is 0.273. The molecule has 8 nitrogen and oxygen atoms in total. The van der Waals surface area contributed by atoms with E-state index < -0.39 is 10.0 Å². The highest BCUT2D eigenvalue weighted by atomic mass is 32.2. The normalized spacial score (nSPS) is 11.4. The first-order chi connectivity index (χ1) is 14.7. The number of hydrogen-bond donors (Lipinski definition) is 2. The maximum absolute atomic E-state index is 13.0. The fourth-order valence-electron chi connectivity index (χ4n) is 3.13. The number of ether oxygens (including phenoxy) is 1. The lowest BCUT2D eigenvalue weighted by molar-refractivity contribution is -0.114. The zero-order chi connectivity index (χ0) is 22.6. The molecule has 0 aliphatic rings. The summed E-state index contributed by atoms with van der Waals surface area (Å²) < 4.78 is 39.3. The number of aryl methyl sites for hydroxylation is 2. The number of carbonyl (C=O) groups excluding carboxylic acids is 1. The van der Waals surface area contributed by atoms with Gasteiger partial charge in [0, 0.05) is 13.5 Å². The molecule has 0 spiro atoms. The summed E-state index contributed by atoms with van der Waals surface area (Å²) in [7, 11) is -3.79. The molecule has 164 valence electrons. The molecule has 0 radical (unpaired) electrons. The van der Waals surface area contributed by atoms with Gasteiger partial charge >= 0.3 is 0 Å². The lowest BCUT2D eigenvalue weighted by Crippen LogP contribution is -2.24. The summed E-state index contributed by atoms with van der Waals surface area (Å²) in [6.07, 6.45) is 0. The molecule has 1 amide bonds. The van der Waals surface area contributed by atoms with Crippen molar-refractivity contribution in [2.45, 2.75) is 39.1 Å². The molecule has 0 aliphatic carbocycles. The second-order valence-electron chi connectivity index (χ2n) is 7.04. The number of anilines is 1. The summed E-state index contributed by atoms with van der Waals surface area (Å²) in [5.41, 5.74) is 3.06. The predicted molar refractivity (Wildman–Crippen MR) is 117 cm³/mol. The van der Waals surface area contributed by atoms with E-state index in [9.17, 15) is 13.2 Å². The van der Waals surface area contributed by atoms with E-state index in [1.807, 2.05) is 19.1 Å². The fourth-order valence-corrected chi connectivity index (χ4v) is 4.41. The summed E-state index contributed by atoms with van der Waals surface area (Å²) in [4.78, 5) is 11.6. The Hall–Kier alpha value is -3.17. The molecule has 2 N–H and O–H groups in total. The monoisotopic (exact) mass is 443 g/mol. The molecule has 0 unspecified atom stereocenters. The molecular weight excluding hydrogens is 418 g/mol. The van der Waals surface area contributed by atoms with E-state index in [0.717, 1.165) is 11.3 Å². The number of nitrogens with zero attached hydrogens (tertiary/aromatic N) is 1. The van der Waals surface area contributed by atoms with Crippen LogP contribution in [0.25, 0.3) is 11.1 Å². The summed E-state index contributed by atoms with van der Waals surface area (Å²) >= 11 is 0. The van der Waals surface area contributed by atoms with Crippen LogP contribution in [0.4, 0.5) is 5.88 Å². The van der Waals surface area contributed by atoms with E-state index in [1.54, 1.807) is 44.2 Å². The summed E-state index contributed by atoms with van der Waals surface area (Å²) in [5, 5.41) is 6.47. The zero-order valence-electron chi connectivity index (χ0n) is 17.9. The Morgan fingerprint density at radius 2 is 1.84 bits per heavy atom. The van der Waals surface area contributed by atoms with Crippen LogP contribution >= 0.6 is 0 Å². The molecule has 0 fully saturated rings. The Kier molecular flexibility index (Phi) is 6.77. The topological polar surface area (TPSA) is 111 Å². The minimum atomic E-state index is -3.79. The van der Waals surface area contributed by atoms with Crippen LogP contribution in [0.1, 0.15) is 30.7 Å². The van der Waals surface area contributed by atoms with Crippen molar-refractivity contribution in [1.29, 1.82) is 0 Å². The maximum Gasteiger partial charge on any atom is 0.241 e. The number of benzene rings is 2. The maximum atomic E-state index is 13.0. The number of sulfonamides is 1. The van der Waals surface area contributed by atoms with Gasteiger partial charge in [-0.05, 0) is 55.7 Å². The number of carbonyl (C=O) groups is 1. The highest BCUT2D eigenvalue weighted by Crippen LogP contribution is 2.33. The van der Waals surface area contributed by atoms with Gasteiger partial charge in [0.25, 0.3) is 0 Å². The van der Waals surface area contributed by atoms with Crippen LogP contribution in [-0.2, 0) is 21.4 Å². The van der Waals surface area contributed by atoms with Gasteiger partial charge in [0.1, 0.15) is 5.75 Å². The highest BCUT2D eigenvalue weighted by Gasteiger charge is 2.21. The predicted octanol–water partition coefficient (Wildman–Crippen LogP) is 3.79. The van der Waals surface area contributed by atoms with Crippen molar-refractivity contribution in [3.05, 3.63) is 59.3 Å². The SMILES string of the molecule is CCOc1ccc(CNS(=O)(=O)c2cc(-c3c(C)noc3NC(C)=O)ccc2C)cc1. The van der Waals surface area contributed by atoms with Crippen LogP contribution in [0.3, 0.4) is 0 Å². The average Bonchev–Trinajstić information content (AvgIpc) is 3.07. The summed E-state index contributed by atoms with van der Waals surface area (Å²) in [6.45, 7) is 7.42. The van der Waals surface area contributed by atoms with Crippen LogP contribution < -0.4 is 14.8 Å². The van der Waals surface area contributed by atoms with Gasteiger partial charge < -0.3 is 9.26 Å². The molecule has 31 heavy (non-hydrogen) atoms. The summed E-state index contributed by atoms with van der Waals surface area (Å²) in [6, 6.07) is 12.3. The Bertz CT molecular complexity index is 1180. The van der Waals surface area contributed by atoms with Crippen LogP contribution in [-0.4, -0.2) is 26.1 Å². The minimum Gasteiger partial charge on any atom is -0.494 e. The van der Waals surface area contributed by atoms with E-state index in [0.29, 0.717) is 29.0 Å². The Morgan fingerprint density at radius 3 is 2.48 bits per heavy atom. The Morgan fingerprint density at radius 1 is 1.13 bits per heavy atom. The molecule has 0 bridgehead atoms. The van der Waals surface area contributed by atoms with Crippen molar-refractivity contribution in [3.8, 4) is 16.9 Å². The van der Waals surface area contributed by atoms with Gasteiger partial charge in [-0.25, -0.2) is 13.1 Å². The number of aromatic nitrogens is 1.